The minimum Gasteiger partial charge on any atom is -0.306 e. The second-order valence-electron chi connectivity index (χ2n) is 5.52. The van der Waals surface area contributed by atoms with Gasteiger partial charge in [0.1, 0.15) is 5.82 Å². The van der Waals surface area contributed by atoms with Crippen molar-refractivity contribution in [1.82, 2.24) is 9.78 Å². The van der Waals surface area contributed by atoms with Gasteiger partial charge in [0, 0.05) is 18.3 Å². The van der Waals surface area contributed by atoms with E-state index in [0.29, 0.717) is 22.4 Å². The number of aromatic nitrogens is 2. The lowest BCUT2D eigenvalue weighted by Crippen LogP contribution is -2.09. The van der Waals surface area contributed by atoms with Crippen LogP contribution in [0.15, 0.2) is 60.8 Å². The number of hydrogen-bond acceptors (Lipinski definition) is 2. The molecule has 3 aromatic rings. The van der Waals surface area contributed by atoms with Gasteiger partial charge in [0.05, 0.1) is 16.6 Å². The summed E-state index contributed by atoms with van der Waals surface area (Å²) in [4.78, 5) is 11.9. The molecule has 0 aliphatic rings. The molecule has 4 nitrogen and oxygen atoms in total. The summed E-state index contributed by atoms with van der Waals surface area (Å²) in [6.45, 7) is 0.498. The first-order valence-electron chi connectivity index (χ1n) is 7.71. The average Bonchev–Trinajstić information content (AvgIpc) is 3.04. The Morgan fingerprint density at radius 3 is 2.62 bits per heavy atom. The van der Waals surface area contributed by atoms with Crippen molar-refractivity contribution in [3.05, 3.63) is 87.8 Å². The normalized spacial score (nSPS) is 11.0. The van der Waals surface area contributed by atoms with Crippen LogP contribution in [0.1, 0.15) is 11.1 Å². The molecule has 0 radical (unpaired) electrons. The number of carbonyl (C=O) groups is 1. The third-order valence-corrected chi connectivity index (χ3v) is 4.26. The first kappa shape index (κ1) is 18.2. The van der Waals surface area contributed by atoms with Crippen LogP contribution in [0.4, 0.5) is 10.2 Å². The molecule has 0 spiro atoms. The molecule has 0 bridgehead atoms. The molecular weight excluding hydrogens is 376 g/mol. The van der Waals surface area contributed by atoms with Crippen LogP contribution in [0.5, 0.6) is 0 Å². The summed E-state index contributed by atoms with van der Waals surface area (Å²) in [5, 5.41) is 7.94. The fourth-order valence-corrected chi connectivity index (χ4v) is 2.58. The van der Waals surface area contributed by atoms with E-state index < -0.39 is 0 Å². The SMILES string of the molecule is O=C(/C=C/c1ccc(F)cc1)Nc1ccn(Cc2ccc(Cl)c(Cl)c2)n1. The Kier molecular flexibility index (Phi) is 5.71. The highest BCUT2D eigenvalue weighted by Gasteiger charge is 2.04. The third kappa shape index (κ3) is 4.94. The van der Waals surface area contributed by atoms with Gasteiger partial charge < -0.3 is 5.32 Å². The largest absolute Gasteiger partial charge is 0.306 e. The predicted octanol–water partition coefficient (Wildman–Crippen LogP) is 5.03. The molecule has 1 heterocycles. The first-order valence-corrected chi connectivity index (χ1v) is 8.47. The summed E-state index contributed by atoms with van der Waals surface area (Å²) in [6.07, 6.45) is 4.72. The van der Waals surface area contributed by atoms with Gasteiger partial charge in [-0.3, -0.25) is 9.48 Å². The molecule has 26 heavy (non-hydrogen) atoms. The molecular formula is C19H14Cl2FN3O. The van der Waals surface area contributed by atoms with Crippen molar-refractivity contribution in [2.24, 2.45) is 0 Å². The Morgan fingerprint density at radius 1 is 1.12 bits per heavy atom. The topological polar surface area (TPSA) is 46.9 Å². The van der Waals surface area contributed by atoms with Gasteiger partial charge in [-0.05, 0) is 41.5 Å². The zero-order valence-electron chi connectivity index (χ0n) is 13.5. The molecule has 1 N–H and O–H groups in total. The summed E-state index contributed by atoms with van der Waals surface area (Å²) in [6, 6.07) is 12.9. The van der Waals surface area contributed by atoms with Gasteiger partial charge >= 0.3 is 0 Å². The maximum atomic E-state index is 12.8. The van der Waals surface area contributed by atoms with Crippen LogP contribution in [-0.2, 0) is 11.3 Å². The Balaban J connectivity index is 1.59. The highest BCUT2D eigenvalue weighted by atomic mass is 35.5. The summed E-state index contributed by atoms with van der Waals surface area (Å²) < 4.78 is 14.5. The van der Waals surface area contributed by atoms with E-state index >= 15 is 0 Å². The molecule has 0 fully saturated rings. The molecule has 3 rings (SSSR count). The smallest absolute Gasteiger partial charge is 0.249 e. The lowest BCUT2D eigenvalue weighted by molar-refractivity contribution is -0.111. The van der Waals surface area contributed by atoms with Crippen molar-refractivity contribution in [3.8, 4) is 0 Å². The van der Waals surface area contributed by atoms with Crippen LogP contribution in [0.3, 0.4) is 0 Å². The lowest BCUT2D eigenvalue weighted by atomic mass is 10.2. The van der Waals surface area contributed by atoms with Gasteiger partial charge in [0.2, 0.25) is 5.91 Å². The van der Waals surface area contributed by atoms with Crippen molar-refractivity contribution in [2.75, 3.05) is 5.32 Å². The number of nitrogens with one attached hydrogen (secondary N) is 1. The van der Waals surface area contributed by atoms with Crippen molar-refractivity contribution < 1.29 is 9.18 Å². The van der Waals surface area contributed by atoms with Gasteiger partial charge in [-0.25, -0.2) is 4.39 Å². The Hall–Kier alpha value is -2.63. The number of hydrogen-bond donors (Lipinski definition) is 1. The quantitative estimate of drug-likeness (QED) is 0.622. The summed E-state index contributed by atoms with van der Waals surface area (Å²) >= 11 is 11.9. The fraction of sp³-hybridized carbons (Fsp3) is 0.0526. The van der Waals surface area contributed by atoms with Gasteiger partial charge in [-0.15, -0.1) is 0 Å². The first-order chi connectivity index (χ1) is 12.5. The van der Waals surface area contributed by atoms with E-state index in [1.807, 2.05) is 6.07 Å². The molecule has 0 aliphatic carbocycles. The maximum Gasteiger partial charge on any atom is 0.249 e. The van der Waals surface area contributed by atoms with E-state index in [1.54, 1.807) is 47.3 Å². The van der Waals surface area contributed by atoms with Gasteiger partial charge in [0.25, 0.3) is 0 Å². The third-order valence-electron chi connectivity index (χ3n) is 3.52. The van der Waals surface area contributed by atoms with E-state index in [1.165, 1.54) is 18.2 Å². The molecule has 0 unspecified atom stereocenters. The average molecular weight is 390 g/mol. The number of nitrogens with zero attached hydrogens (tertiary/aromatic N) is 2. The highest BCUT2D eigenvalue weighted by molar-refractivity contribution is 6.42. The number of carbonyl (C=O) groups excluding carboxylic acids is 1. The van der Waals surface area contributed by atoms with Crippen molar-refractivity contribution in [2.45, 2.75) is 6.54 Å². The zero-order chi connectivity index (χ0) is 18.5. The van der Waals surface area contributed by atoms with Crippen molar-refractivity contribution >= 4 is 41.0 Å². The van der Waals surface area contributed by atoms with Crippen molar-refractivity contribution in [1.29, 1.82) is 0 Å². The van der Waals surface area contributed by atoms with Crippen LogP contribution in [0, 0.1) is 5.82 Å². The number of halogens is 3. The van der Waals surface area contributed by atoms with Gasteiger partial charge in [-0.2, -0.15) is 5.10 Å². The molecule has 0 atom stereocenters. The van der Waals surface area contributed by atoms with E-state index in [-0.39, 0.29) is 11.7 Å². The zero-order valence-corrected chi connectivity index (χ0v) is 15.0. The molecule has 0 aliphatic heterocycles. The van der Waals surface area contributed by atoms with Crippen LogP contribution in [0.2, 0.25) is 10.0 Å². The highest BCUT2D eigenvalue weighted by Crippen LogP contribution is 2.23. The lowest BCUT2D eigenvalue weighted by Gasteiger charge is -2.04. The van der Waals surface area contributed by atoms with Crippen LogP contribution in [-0.4, -0.2) is 15.7 Å². The molecule has 7 heteroatoms. The minimum atomic E-state index is -0.325. The van der Waals surface area contributed by atoms with E-state index in [9.17, 15) is 9.18 Å². The molecule has 2 aromatic carbocycles. The van der Waals surface area contributed by atoms with Gasteiger partial charge in [0.15, 0.2) is 5.82 Å². The number of rotatable bonds is 5. The molecule has 1 aromatic heterocycles. The number of benzene rings is 2. The summed E-state index contributed by atoms with van der Waals surface area (Å²) in [5.41, 5.74) is 1.67. The second-order valence-corrected chi connectivity index (χ2v) is 6.34. The Bertz CT molecular complexity index is 952. The second kappa shape index (κ2) is 8.17. The van der Waals surface area contributed by atoms with Crippen LogP contribution < -0.4 is 5.32 Å². The van der Waals surface area contributed by atoms with E-state index in [2.05, 4.69) is 10.4 Å². The molecule has 0 saturated carbocycles. The number of anilines is 1. The summed E-state index contributed by atoms with van der Waals surface area (Å²) in [5.74, 6) is -0.216. The Morgan fingerprint density at radius 2 is 1.88 bits per heavy atom. The van der Waals surface area contributed by atoms with Crippen LogP contribution >= 0.6 is 23.2 Å². The maximum absolute atomic E-state index is 12.8. The number of amides is 1. The summed E-state index contributed by atoms with van der Waals surface area (Å²) in [7, 11) is 0. The van der Waals surface area contributed by atoms with E-state index in [4.69, 9.17) is 23.2 Å². The van der Waals surface area contributed by atoms with Crippen molar-refractivity contribution in [3.63, 3.8) is 0 Å². The Labute approximate surface area is 159 Å². The fourth-order valence-electron chi connectivity index (χ4n) is 2.26. The standard InChI is InChI=1S/C19H14Cl2FN3O/c20-16-7-3-14(11-17(16)21)12-25-10-9-18(24-25)23-19(26)8-4-13-1-5-15(22)6-2-13/h1-11H,12H2,(H,23,24,26)/b8-4+. The molecule has 132 valence electrons. The van der Waals surface area contributed by atoms with E-state index in [0.717, 1.165) is 11.1 Å². The predicted molar refractivity (Wildman–Crippen MR) is 102 cm³/mol. The van der Waals surface area contributed by atoms with Gasteiger partial charge in [-0.1, -0.05) is 41.4 Å². The minimum absolute atomic E-state index is 0.320. The van der Waals surface area contributed by atoms with Crippen LogP contribution in [0.25, 0.3) is 6.08 Å². The monoisotopic (exact) mass is 389 g/mol. The molecule has 0 saturated heterocycles. The molecule has 1 amide bonds.